The van der Waals surface area contributed by atoms with Gasteiger partial charge in [0.15, 0.2) is 0 Å². The number of alkyl halides is 3. The molecular weight excluding hydrogens is 459 g/mol. The first-order valence-electron chi connectivity index (χ1n) is 11.5. The zero-order valence-electron chi connectivity index (χ0n) is 19.9. The van der Waals surface area contributed by atoms with E-state index in [0.29, 0.717) is 16.8 Å². The van der Waals surface area contributed by atoms with Crippen LogP contribution in [-0.2, 0) is 20.0 Å². The third-order valence-electron chi connectivity index (χ3n) is 7.09. The molecule has 35 heavy (non-hydrogen) atoms. The molecule has 7 nitrogen and oxygen atoms in total. The quantitative estimate of drug-likeness (QED) is 0.563. The van der Waals surface area contributed by atoms with Crippen molar-refractivity contribution in [2.24, 2.45) is 13.0 Å². The average molecular weight is 486 g/mol. The summed E-state index contributed by atoms with van der Waals surface area (Å²) in [6.07, 6.45) is 3.34. The number of pyridine rings is 1. The van der Waals surface area contributed by atoms with Crippen molar-refractivity contribution < 1.29 is 18.0 Å². The van der Waals surface area contributed by atoms with Gasteiger partial charge in [-0.3, -0.25) is 9.59 Å². The second-order valence-corrected chi connectivity index (χ2v) is 9.45. The number of nitrogens with zero attached hydrogens (tertiary/aromatic N) is 5. The molecule has 10 heteroatoms. The predicted octanol–water partition coefficient (Wildman–Crippen LogP) is 4.03. The zero-order valence-corrected chi connectivity index (χ0v) is 19.9. The van der Waals surface area contributed by atoms with E-state index in [1.807, 2.05) is 27.0 Å². The third-order valence-corrected chi connectivity index (χ3v) is 7.09. The number of fused-ring (bicyclic) bond motifs is 2. The summed E-state index contributed by atoms with van der Waals surface area (Å²) >= 11 is 0. The molecule has 3 unspecified atom stereocenters. The van der Waals surface area contributed by atoms with Crippen LogP contribution in [-0.4, -0.2) is 41.7 Å². The fourth-order valence-corrected chi connectivity index (χ4v) is 5.31. The number of carbonyl (C=O) groups excluding carboxylic acids is 1. The first-order valence-corrected chi connectivity index (χ1v) is 11.5. The van der Waals surface area contributed by atoms with E-state index in [0.717, 1.165) is 11.4 Å². The fourth-order valence-electron chi connectivity index (χ4n) is 5.31. The number of hydrogen-bond donors (Lipinski definition) is 0. The van der Waals surface area contributed by atoms with Crippen LogP contribution in [0.1, 0.15) is 52.9 Å². The molecule has 0 fully saturated rings. The van der Waals surface area contributed by atoms with E-state index in [1.165, 1.54) is 16.7 Å². The molecule has 0 N–H and O–H groups in total. The first kappa shape index (κ1) is 23.2. The molecule has 4 heterocycles. The topological polar surface area (TPSA) is 65.1 Å². The summed E-state index contributed by atoms with van der Waals surface area (Å²) in [4.78, 5) is 32.6. The Morgan fingerprint density at radius 3 is 2.57 bits per heavy atom. The zero-order chi connectivity index (χ0) is 25.2. The molecule has 2 aliphatic rings. The molecule has 1 aliphatic heterocycles. The van der Waals surface area contributed by atoms with E-state index in [4.69, 9.17) is 0 Å². The van der Waals surface area contributed by atoms with Gasteiger partial charge in [0.05, 0.1) is 24.0 Å². The van der Waals surface area contributed by atoms with Crippen molar-refractivity contribution in [1.82, 2.24) is 23.6 Å². The van der Waals surface area contributed by atoms with Gasteiger partial charge in [0, 0.05) is 37.7 Å². The van der Waals surface area contributed by atoms with Crippen LogP contribution in [0.15, 0.2) is 41.7 Å². The van der Waals surface area contributed by atoms with Crippen molar-refractivity contribution in [2.75, 3.05) is 0 Å². The third kappa shape index (κ3) is 3.71. The summed E-state index contributed by atoms with van der Waals surface area (Å²) in [5.41, 5.74) is 3.17. The maximum Gasteiger partial charge on any atom is 0.395 e. The van der Waals surface area contributed by atoms with Crippen LogP contribution in [0.2, 0.25) is 0 Å². The number of aryl methyl sites for hydroxylation is 2. The Balaban J connectivity index is 1.51. The Morgan fingerprint density at radius 2 is 1.91 bits per heavy atom. The maximum absolute atomic E-state index is 13.6. The molecule has 0 radical (unpaired) electrons. The van der Waals surface area contributed by atoms with Gasteiger partial charge in [-0.2, -0.15) is 13.2 Å². The monoisotopic (exact) mass is 485 g/mol. The maximum atomic E-state index is 13.6. The van der Waals surface area contributed by atoms with Gasteiger partial charge >= 0.3 is 6.18 Å². The normalized spacial score (nSPS) is 20.7. The Morgan fingerprint density at radius 1 is 1.17 bits per heavy atom. The van der Waals surface area contributed by atoms with Crippen molar-refractivity contribution in [3.05, 3.63) is 75.5 Å². The SMILES string of the molecule is Cc1cn(-c2ccc3n(c2=O)CC(C)N(C(C)c2cn(C)c4c2CC(C(F)(F)F)C=C4)C3=O)cn1. The summed E-state index contributed by atoms with van der Waals surface area (Å²) in [5.74, 6) is -1.87. The molecule has 1 amide bonds. The van der Waals surface area contributed by atoms with Crippen molar-refractivity contribution in [2.45, 2.75) is 52.0 Å². The Kier molecular flexibility index (Phi) is 5.30. The molecule has 3 aromatic rings. The summed E-state index contributed by atoms with van der Waals surface area (Å²) < 4.78 is 45.3. The highest BCUT2D eigenvalue weighted by atomic mass is 19.4. The van der Waals surface area contributed by atoms with E-state index in [9.17, 15) is 22.8 Å². The highest BCUT2D eigenvalue weighted by Gasteiger charge is 2.42. The van der Waals surface area contributed by atoms with Gasteiger partial charge in [-0.05, 0) is 56.5 Å². The number of amides is 1. The van der Waals surface area contributed by atoms with Gasteiger partial charge in [0.2, 0.25) is 0 Å². The van der Waals surface area contributed by atoms with Gasteiger partial charge in [0.1, 0.15) is 11.4 Å². The number of carbonyl (C=O) groups is 1. The molecule has 0 saturated carbocycles. The molecule has 0 saturated heterocycles. The summed E-state index contributed by atoms with van der Waals surface area (Å²) in [5, 5.41) is 0. The lowest BCUT2D eigenvalue weighted by atomic mass is 9.88. The average Bonchev–Trinajstić information content (AvgIpc) is 3.37. The molecule has 1 aliphatic carbocycles. The molecule has 0 spiro atoms. The number of imidazole rings is 1. The van der Waals surface area contributed by atoms with Gasteiger partial charge in [-0.1, -0.05) is 6.08 Å². The molecule has 3 atom stereocenters. The van der Waals surface area contributed by atoms with Gasteiger partial charge in [-0.15, -0.1) is 0 Å². The Bertz CT molecular complexity index is 1410. The highest BCUT2D eigenvalue weighted by molar-refractivity contribution is 5.94. The minimum atomic E-state index is -4.33. The predicted molar refractivity (Wildman–Crippen MR) is 124 cm³/mol. The number of allylic oxidation sites excluding steroid dienone is 1. The van der Waals surface area contributed by atoms with Crippen molar-refractivity contribution in [1.29, 1.82) is 0 Å². The molecule has 0 aromatic carbocycles. The highest BCUT2D eigenvalue weighted by Crippen LogP contribution is 2.40. The number of halogens is 3. The van der Waals surface area contributed by atoms with Gasteiger partial charge < -0.3 is 18.6 Å². The molecule has 0 bridgehead atoms. The Hall–Kier alpha value is -3.56. The standard InChI is InChI=1S/C25H26F3N5O2/c1-14-10-31(13-29-14)21-7-8-22-24(35)33(15(2)11-32(22)23(21)34)16(3)19-12-30(4)20-6-5-17(9-18(19)20)25(26,27)28/h5-8,10,12-13,15-17H,9,11H2,1-4H3. The summed E-state index contributed by atoms with van der Waals surface area (Å²) in [6.45, 7) is 5.80. The van der Waals surface area contributed by atoms with E-state index >= 15 is 0 Å². The smallest absolute Gasteiger partial charge is 0.350 e. The molecular formula is C25H26F3N5O2. The van der Waals surface area contributed by atoms with E-state index < -0.39 is 18.1 Å². The lowest BCUT2D eigenvalue weighted by Gasteiger charge is -2.40. The van der Waals surface area contributed by atoms with Crippen LogP contribution in [0.25, 0.3) is 11.8 Å². The minimum absolute atomic E-state index is 0.157. The van der Waals surface area contributed by atoms with E-state index in [-0.39, 0.29) is 36.2 Å². The van der Waals surface area contributed by atoms with Gasteiger partial charge in [-0.25, -0.2) is 4.98 Å². The van der Waals surface area contributed by atoms with Crippen LogP contribution in [0.4, 0.5) is 13.2 Å². The largest absolute Gasteiger partial charge is 0.395 e. The van der Waals surface area contributed by atoms with Crippen molar-refractivity contribution in [3.63, 3.8) is 0 Å². The molecule has 3 aromatic heterocycles. The minimum Gasteiger partial charge on any atom is -0.350 e. The van der Waals surface area contributed by atoms with Crippen LogP contribution in [0.5, 0.6) is 0 Å². The van der Waals surface area contributed by atoms with E-state index in [1.54, 1.807) is 45.7 Å². The first-order chi connectivity index (χ1) is 16.5. The molecule has 184 valence electrons. The number of aromatic nitrogens is 4. The van der Waals surface area contributed by atoms with E-state index in [2.05, 4.69) is 4.98 Å². The lowest BCUT2D eigenvalue weighted by Crippen LogP contribution is -2.51. The van der Waals surface area contributed by atoms with Crippen LogP contribution in [0.3, 0.4) is 0 Å². The number of rotatable bonds is 3. The Labute approximate surface area is 200 Å². The van der Waals surface area contributed by atoms with Crippen LogP contribution < -0.4 is 5.56 Å². The van der Waals surface area contributed by atoms with Gasteiger partial charge in [0.25, 0.3) is 11.5 Å². The summed E-state index contributed by atoms with van der Waals surface area (Å²) in [6, 6.07) is 2.43. The number of hydrogen-bond acceptors (Lipinski definition) is 3. The van der Waals surface area contributed by atoms with Crippen LogP contribution >= 0.6 is 0 Å². The van der Waals surface area contributed by atoms with Crippen molar-refractivity contribution in [3.8, 4) is 5.69 Å². The molecule has 5 rings (SSSR count). The lowest BCUT2D eigenvalue weighted by molar-refractivity contribution is -0.160. The van der Waals surface area contributed by atoms with Crippen LogP contribution in [0, 0.1) is 12.8 Å². The second-order valence-electron chi connectivity index (χ2n) is 9.45. The van der Waals surface area contributed by atoms with Crippen molar-refractivity contribution >= 4 is 12.0 Å². The fraction of sp³-hybridized carbons (Fsp3) is 0.400. The summed E-state index contributed by atoms with van der Waals surface area (Å²) in [7, 11) is 1.79. The second kappa shape index (κ2) is 8.00.